The van der Waals surface area contributed by atoms with Crippen LogP contribution in [0, 0.1) is 0 Å². The Morgan fingerprint density at radius 3 is 2.19 bits per heavy atom. The first-order chi connectivity index (χ1) is 12.2. The van der Waals surface area contributed by atoms with Crippen molar-refractivity contribution in [2.75, 3.05) is 26.2 Å². The highest BCUT2D eigenvalue weighted by Crippen LogP contribution is 2.25. The van der Waals surface area contributed by atoms with E-state index in [0.717, 1.165) is 5.56 Å². The van der Waals surface area contributed by atoms with Crippen LogP contribution >= 0.6 is 11.3 Å². The van der Waals surface area contributed by atoms with Gasteiger partial charge < -0.3 is 4.90 Å². The molecule has 6 nitrogen and oxygen atoms in total. The first-order valence-corrected chi connectivity index (χ1v) is 10.9. The van der Waals surface area contributed by atoms with Crippen molar-refractivity contribution in [2.24, 2.45) is 0 Å². The lowest BCUT2D eigenvalue weighted by Crippen LogP contribution is -2.50. The van der Waals surface area contributed by atoms with E-state index in [4.69, 9.17) is 0 Å². The molecule has 0 saturated carbocycles. The van der Waals surface area contributed by atoms with Crippen LogP contribution in [-0.4, -0.2) is 54.7 Å². The fourth-order valence-corrected chi connectivity index (χ4v) is 4.84. The Balaban J connectivity index is 1.69. The number of nitrogens with zero attached hydrogens (tertiary/aromatic N) is 3. The third-order valence-corrected chi connectivity index (χ3v) is 7.03. The SMILES string of the molecule is CC(C)(C)c1ccc(S(=O)(=O)N2CCN(C(=O)c3cscn3)CC2)cc1. The Hall–Kier alpha value is -1.77. The topological polar surface area (TPSA) is 70.6 Å². The molecule has 1 amide bonds. The number of amides is 1. The Kier molecular flexibility index (Phi) is 5.18. The summed E-state index contributed by atoms with van der Waals surface area (Å²) in [7, 11) is -3.55. The number of hydrogen-bond donors (Lipinski definition) is 0. The van der Waals surface area contributed by atoms with Gasteiger partial charge in [-0.05, 0) is 23.1 Å². The van der Waals surface area contributed by atoms with Crippen LogP contribution in [0.15, 0.2) is 40.1 Å². The van der Waals surface area contributed by atoms with Gasteiger partial charge in [-0.15, -0.1) is 11.3 Å². The molecule has 3 rings (SSSR count). The Morgan fingerprint density at radius 1 is 1.08 bits per heavy atom. The third kappa shape index (κ3) is 3.82. The maximum atomic E-state index is 12.9. The zero-order valence-electron chi connectivity index (χ0n) is 15.2. The Morgan fingerprint density at radius 2 is 1.69 bits per heavy atom. The van der Waals surface area contributed by atoms with Gasteiger partial charge in [0.05, 0.1) is 10.4 Å². The number of sulfonamides is 1. The number of carbonyl (C=O) groups is 1. The minimum atomic E-state index is -3.55. The lowest BCUT2D eigenvalue weighted by atomic mass is 9.87. The van der Waals surface area contributed by atoms with Crippen LogP contribution in [0.5, 0.6) is 0 Å². The van der Waals surface area contributed by atoms with Gasteiger partial charge in [-0.2, -0.15) is 4.31 Å². The van der Waals surface area contributed by atoms with Gasteiger partial charge in [-0.1, -0.05) is 32.9 Å². The molecule has 140 valence electrons. The highest BCUT2D eigenvalue weighted by molar-refractivity contribution is 7.89. The van der Waals surface area contributed by atoms with Gasteiger partial charge in [0.2, 0.25) is 10.0 Å². The molecule has 0 bridgehead atoms. The normalized spacial score (nSPS) is 16.7. The van der Waals surface area contributed by atoms with Crippen LogP contribution in [0.2, 0.25) is 0 Å². The van der Waals surface area contributed by atoms with Crippen molar-refractivity contribution in [2.45, 2.75) is 31.1 Å². The van der Waals surface area contributed by atoms with Crippen LogP contribution in [0.1, 0.15) is 36.8 Å². The fourth-order valence-electron chi connectivity index (χ4n) is 2.89. The zero-order chi connectivity index (χ0) is 18.9. The van der Waals surface area contributed by atoms with E-state index in [1.165, 1.54) is 15.6 Å². The molecule has 0 spiro atoms. The second kappa shape index (κ2) is 7.09. The Bertz CT molecular complexity index is 861. The number of hydrogen-bond acceptors (Lipinski definition) is 5. The summed E-state index contributed by atoms with van der Waals surface area (Å²) in [6.45, 7) is 7.60. The monoisotopic (exact) mass is 393 g/mol. The number of rotatable bonds is 3. The average Bonchev–Trinajstić information content (AvgIpc) is 3.15. The van der Waals surface area contributed by atoms with Crippen LogP contribution in [0.3, 0.4) is 0 Å². The van der Waals surface area contributed by atoms with E-state index in [2.05, 4.69) is 25.8 Å². The van der Waals surface area contributed by atoms with E-state index in [0.29, 0.717) is 36.8 Å². The first kappa shape index (κ1) is 19.0. The summed E-state index contributed by atoms with van der Waals surface area (Å²) < 4.78 is 27.2. The van der Waals surface area contributed by atoms with Crippen LogP contribution in [0.4, 0.5) is 0 Å². The molecule has 1 fully saturated rings. The summed E-state index contributed by atoms with van der Waals surface area (Å²) in [5.74, 6) is -0.141. The predicted molar refractivity (Wildman–Crippen MR) is 102 cm³/mol. The van der Waals surface area contributed by atoms with E-state index in [1.54, 1.807) is 27.9 Å². The molecule has 2 heterocycles. The lowest BCUT2D eigenvalue weighted by Gasteiger charge is -2.33. The molecule has 1 aliphatic heterocycles. The lowest BCUT2D eigenvalue weighted by molar-refractivity contribution is 0.0693. The standard InChI is InChI=1S/C18H23N3O3S2/c1-18(2,3)14-4-6-15(7-5-14)26(23,24)21-10-8-20(9-11-21)17(22)16-12-25-13-19-16/h4-7,12-13H,8-11H2,1-3H3. The fraction of sp³-hybridized carbons (Fsp3) is 0.444. The highest BCUT2D eigenvalue weighted by atomic mass is 32.2. The maximum absolute atomic E-state index is 12.9. The van der Waals surface area contributed by atoms with Gasteiger partial charge in [0, 0.05) is 31.6 Å². The molecule has 1 aromatic carbocycles. The molecule has 26 heavy (non-hydrogen) atoms. The van der Waals surface area contributed by atoms with E-state index in [-0.39, 0.29) is 11.3 Å². The van der Waals surface area contributed by atoms with E-state index >= 15 is 0 Å². The van der Waals surface area contributed by atoms with E-state index in [9.17, 15) is 13.2 Å². The largest absolute Gasteiger partial charge is 0.335 e. The summed E-state index contributed by atoms with van der Waals surface area (Å²) in [5.41, 5.74) is 3.11. The van der Waals surface area contributed by atoms with Crippen molar-refractivity contribution in [3.8, 4) is 0 Å². The van der Waals surface area contributed by atoms with Crippen molar-refractivity contribution in [3.05, 3.63) is 46.4 Å². The molecule has 0 unspecified atom stereocenters. The molecule has 0 N–H and O–H groups in total. The maximum Gasteiger partial charge on any atom is 0.273 e. The molecule has 8 heteroatoms. The van der Waals surface area contributed by atoms with Gasteiger partial charge in [0.1, 0.15) is 5.69 Å². The smallest absolute Gasteiger partial charge is 0.273 e. The number of thiazole rings is 1. The van der Waals surface area contributed by atoms with E-state index < -0.39 is 10.0 Å². The molecular formula is C18H23N3O3S2. The van der Waals surface area contributed by atoms with Gasteiger partial charge in [0.15, 0.2) is 0 Å². The summed E-state index contributed by atoms with van der Waals surface area (Å²) in [6, 6.07) is 7.08. The number of benzene rings is 1. The molecule has 0 aliphatic carbocycles. The molecule has 1 saturated heterocycles. The van der Waals surface area contributed by atoms with Crippen LogP contribution in [-0.2, 0) is 15.4 Å². The van der Waals surface area contributed by atoms with Crippen molar-refractivity contribution >= 4 is 27.3 Å². The summed E-state index contributed by atoms with van der Waals surface area (Å²) in [5, 5.41) is 1.71. The summed E-state index contributed by atoms with van der Waals surface area (Å²) in [6.07, 6.45) is 0. The average molecular weight is 394 g/mol. The predicted octanol–water partition coefficient (Wildman–Crippen LogP) is 2.59. The van der Waals surface area contributed by atoms with Crippen LogP contribution < -0.4 is 0 Å². The second-order valence-corrected chi connectivity index (χ2v) is 10.0. The molecular weight excluding hydrogens is 370 g/mol. The highest BCUT2D eigenvalue weighted by Gasteiger charge is 2.31. The number of piperazine rings is 1. The molecule has 0 atom stereocenters. The van der Waals surface area contributed by atoms with Crippen LogP contribution in [0.25, 0.3) is 0 Å². The van der Waals surface area contributed by atoms with Crippen molar-refractivity contribution < 1.29 is 13.2 Å². The number of aromatic nitrogens is 1. The minimum Gasteiger partial charge on any atom is -0.335 e. The summed E-state index contributed by atoms with van der Waals surface area (Å²) >= 11 is 1.37. The quantitative estimate of drug-likeness (QED) is 0.804. The van der Waals surface area contributed by atoms with Crippen molar-refractivity contribution in [1.29, 1.82) is 0 Å². The van der Waals surface area contributed by atoms with Gasteiger partial charge in [-0.25, -0.2) is 13.4 Å². The second-order valence-electron chi connectivity index (χ2n) is 7.34. The van der Waals surface area contributed by atoms with Crippen molar-refractivity contribution in [1.82, 2.24) is 14.2 Å². The minimum absolute atomic E-state index is 0.0238. The van der Waals surface area contributed by atoms with Gasteiger partial charge in [0.25, 0.3) is 5.91 Å². The zero-order valence-corrected chi connectivity index (χ0v) is 16.8. The summed E-state index contributed by atoms with van der Waals surface area (Å²) in [4.78, 5) is 18.3. The third-order valence-electron chi connectivity index (χ3n) is 4.54. The Labute approximate surface area is 158 Å². The molecule has 1 aliphatic rings. The van der Waals surface area contributed by atoms with Gasteiger partial charge >= 0.3 is 0 Å². The number of carbonyl (C=O) groups excluding carboxylic acids is 1. The van der Waals surface area contributed by atoms with Crippen molar-refractivity contribution in [3.63, 3.8) is 0 Å². The molecule has 1 aromatic heterocycles. The first-order valence-electron chi connectivity index (χ1n) is 8.48. The molecule has 0 radical (unpaired) electrons. The van der Waals surface area contributed by atoms with E-state index in [1.807, 2.05) is 12.1 Å². The van der Waals surface area contributed by atoms with Gasteiger partial charge in [-0.3, -0.25) is 4.79 Å². The molecule has 2 aromatic rings.